The zero-order valence-corrected chi connectivity index (χ0v) is 21.3. The summed E-state index contributed by atoms with van der Waals surface area (Å²) in [6.07, 6.45) is 0. The van der Waals surface area contributed by atoms with Gasteiger partial charge < -0.3 is 27.9 Å². The molecule has 0 bridgehead atoms. The molecule has 0 fully saturated rings. The molecule has 0 heterocycles. The monoisotopic (exact) mass is 448 g/mol. The molecule has 0 unspecified atom stereocenters. The van der Waals surface area contributed by atoms with Gasteiger partial charge in [-0.1, -0.05) is 0 Å². The van der Waals surface area contributed by atoms with Crippen molar-refractivity contribution in [2.45, 2.75) is 41.5 Å². The molecule has 150 valence electrons. The van der Waals surface area contributed by atoms with Crippen molar-refractivity contribution in [2.75, 3.05) is 0 Å². The van der Waals surface area contributed by atoms with Crippen molar-refractivity contribution < 1.29 is 116 Å². The third-order valence-corrected chi connectivity index (χ3v) is 1.93. The second-order valence-electron chi connectivity index (χ2n) is 4.52. The Morgan fingerprint density at radius 3 is 0.586 bits per heavy atom. The summed E-state index contributed by atoms with van der Waals surface area (Å²) in [5.74, 6) is -4.07. The van der Waals surface area contributed by atoms with Crippen molar-refractivity contribution in [1.29, 1.82) is 0 Å². The fraction of sp³-hybridized carbons (Fsp3) is 0.500. The van der Waals surface area contributed by atoms with Crippen molar-refractivity contribution in [1.82, 2.24) is 0 Å². The van der Waals surface area contributed by atoms with Gasteiger partial charge in [-0.15, -0.1) is 0 Å². The van der Waals surface area contributed by atoms with E-state index in [0.29, 0.717) is 0 Å². The molecule has 17 heteroatoms. The van der Waals surface area contributed by atoms with E-state index in [2.05, 4.69) is 27.9 Å². The Labute approximate surface area is 235 Å². The van der Waals surface area contributed by atoms with Crippen LogP contribution in [0, 0.1) is 0 Å². The molecule has 0 aromatic carbocycles. The zero-order valence-electron chi connectivity index (χ0n) is 17.3. The quantitative estimate of drug-likeness (QED) is 0.354. The number of rotatable bonds is 6. The van der Waals surface area contributed by atoms with Gasteiger partial charge in [0.1, 0.15) is 0 Å². The van der Waals surface area contributed by atoms with Gasteiger partial charge in [0.25, 0.3) is 35.8 Å². The Bertz CT molecular complexity index is 436. The first-order valence-electron chi connectivity index (χ1n) is 7.18. The summed E-state index contributed by atoms with van der Waals surface area (Å²) in [6, 6.07) is 0. The second kappa shape index (κ2) is 22.6. The van der Waals surface area contributed by atoms with Gasteiger partial charge in [-0.2, -0.15) is 0 Å². The van der Waals surface area contributed by atoms with Crippen LogP contribution in [0.1, 0.15) is 41.5 Å². The molecular formula is C12H21B2Na3O12. The molecule has 0 spiro atoms. The fourth-order valence-corrected chi connectivity index (χ4v) is 1.17. The molecule has 0 radical (unpaired) electrons. The summed E-state index contributed by atoms with van der Waals surface area (Å²) in [7, 11) is -4.82. The van der Waals surface area contributed by atoms with Gasteiger partial charge in [0.15, 0.2) is 0 Å². The number of carbonyl (C=O) groups excluding carboxylic acids is 6. The minimum absolute atomic E-state index is 0. The molecule has 12 nitrogen and oxygen atoms in total. The van der Waals surface area contributed by atoms with Gasteiger partial charge in [0.2, 0.25) is 0 Å². The first-order valence-corrected chi connectivity index (χ1v) is 7.18. The van der Waals surface area contributed by atoms with Crippen LogP contribution < -0.4 is 59.1 Å². The van der Waals surface area contributed by atoms with Crippen LogP contribution in [0.3, 0.4) is 0 Å². The van der Waals surface area contributed by atoms with Crippen molar-refractivity contribution in [3.05, 3.63) is 0 Å². The van der Waals surface area contributed by atoms with E-state index >= 15 is 0 Å². The van der Waals surface area contributed by atoms with Gasteiger partial charge in [-0.3, -0.25) is 28.8 Å². The molecule has 0 saturated heterocycles. The average Bonchev–Trinajstić information content (AvgIpc) is 2.33. The van der Waals surface area contributed by atoms with Crippen LogP contribution in [0.4, 0.5) is 0 Å². The molecule has 0 aromatic heterocycles. The van der Waals surface area contributed by atoms with Crippen LogP contribution in [0.25, 0.3) is 0 Å². The summed E-state index contributed by atoms with van der Waals surface area (Å²) in [5, 5.41) is 0. The maximum atomic E-state index is 10.4. The second-order valence-corrected chi connectivity index (χ2v) is 4.52. The molecule has 0 atom stereocenters. The van der Waals surface area contributed by atoms with E-state index in [1.54, 1.807) is 0 Å². The SMILES string of the molecule is CC(=O)O[BH-](OC(C)=O)OC(C)=O.CC(=O)O[BH-](OC(C)=O)OC(C)=O.[Na+].[Na+].[NaH]. The molecule has 0 N–H and O–H groups in total. The van der Waals surface area contributed by atoms with Crippen LogP contribution in [-0.2, 0) is 56.7 Å². The number of hydrogen-bond donors (Lipinski definition) is 0. The summed E-state index contributed by atoms with van der Waals surface area (Å²) in [5.41, 5.74) is 0. The normalized spacial score (nSPS) is 8.28. The summed E-state index contributed by atoms with van der Waals surface area (Å²) >= 11 is 0. The average molecular weight is 448 g/mol. The molecule has 0 aliphatic rings. The van der Waals surface area contributed by atoms with Gasteiger partial charge in [-0.05, 0) is 0 Å². The molecule has 0 aliphatic carbocycles. The van der Waals surface area contributed by atoms with Crippen molar-refractivity contribution >= 4 is 80.0 Å². The van der Waals surface area contributed by atoms with E-state index in [1.807, 2.05) is 0 Å². The van der Waals surface area contributed by atoms with Crippen LogP contribution >= 0.6 is 0 Å². The predicted molar refractivity (Wildman–Crippen MR) is 92.0 cm³/mol. The van der Waals surface area contributed by atoms with Gasteiger partial charge in [0.05, 0.1) is 0 Å². The Morgan fingerprint density at radius 2 is 0.517 bits per heavy atom. The summed E-state index contributed by atoms with van der Waals surface area (Å²) < 4.78 is 26.6. The van der Waals surface area contributed by atoms with Crippen molar-refractivity contribution in [3.8, 4) is 0 Å². The topological polar surface area (TPSA) is 158 Å². The van der Waals surface area contributed by atoms with Gasteiger partial charge >= 0.3 is 103 Å². The van der Waals surface area contributed by atoms with E-state index in [9.17, 15) is 28.8 Å². The first-order chi connectivity index (χ1) is 11.8. The summed E-state index contributed by atoms with van der Waals surface area (Å²) in [6.45, 7) is 6.71. The van der Waals surface area contributed by atoms with E-state index in [1.165, 1.54) is 0 Å². The number of hydrogen-bond acceptors (Lipinski definition) is 12. The molecule has 29 heavy (non-hydrogen) atoms. The molecule has 0 aromatic rings. The Morgan fingerprint density at radius 1 is 0.414 bits per heavy atom. The molecule has 0 amide bonds. The first kappa shape index (κ1) is 39.4. The van der Waals surface area contributed by atoms with E-state index in [4.69, 9.17) is 0 Å². The van der Waals surface area contributed by atoms with Gasteiger partial charge in [-0.25, -0.2) is 0 Å². The number of carbonyl (C=O) groups is 6. The molecule has 0 saturated carbocycles. The van der Waals surface area contributed by atoms with E-state index in [-0.39, 0.29) is 88.7 Å². The summed E-state index contributed by atoms with van der Waals surface area (Å²) in [4.78, 5) is 62.6. The van der Waals surface area contributed by atoms with Crippen molar-refractivity contribution in [3.63, 3.8) is 0 Å². The molecule has 0 rings (SSSR count). The third kappa shape index (κ3) is 32.8. The van der Waals surface area contributed by atoms with E-state index in [0.717, 1.165) is 41.5 Å². The molecular weight excluding hydrogens is 427 g/mol. The Hall–Kier alpha value is -0.0501. The third-order valence-electron chi connectivity index (χ3n) is 1.93. The zero-order chi connectivity index (χ0) is 20.9. The Kier molecular flexibility index (Phi) is 30.8. The van der Waals surface area contributed by atoms with Crippen molar-refractivity contribution in [2.24, 2.45) is 0 Å². The molecule has 0 aliphatic heterocycles. The van der Waals surface area contributed by atoms with Crippen LogP contribution in [-0.4, -0.2) is 80.0 Å². The maximum absolute atomic E-state index is 10.4. The van der Waals surface area contributed by atoms with Crippen LogP contribution in [0.2, 0.25) is 0 Å². The minimum atomic E-state index is -2.41. The fourth-order valence-electron chi connectivity index (χ4n) is 1.17. The predicted octanol–water partition coefficient (Wildman–Crippen LogP) is -7.85. The Balaban J connectivity index is -0.000000120. The van der Waals surface area contributed by atoms with Crippen LogP contribution in [0.15, 0.2) is 0 Å². The van der Waals surface area contributed by atoms with E-state index < -0.39 is 50.5 Å². The van der Waals surface area contributed by atoms with Gasteiger partial charge in [0, 0.05) is 41.5 Å². The standard InChI is InChI=1S/2C6H10BO6.3Na.H/c2*1-4(8)11-7(12-5(2)9)13-6(3)10;;;;/h2*7H,1-3H3;;;;/q2*-1;;2*+1;. The van der Waals surface area contributed by atoms with Crippen LogP contribution in [0.5, 0.6) is 0 Å².